The fourth-order valence-electron chi connectivity index (χ4n) is 4.47. The predicted octanol–water partition coefficient (Wildman–Crippen LogP) is 5.20. The van der Waals surface area contributed by atoms with E-state index in [1.165, 1.54) is 17.3 Å². The summed E-state index contributed by atoms with van der Waals surface area (Å²) in [6.07, 6.45) is 4.80. The number of aryl methyl sites for hydroxylation is 1. The van der Waals surface area contributed by atoms with E-state index in [0.29, 0.717) is 26.1 Å². The summed E-state index contributed by atoms with van der Waals surface area (Å²) in [7, 11) is 0. The Balaban J connectivity index is 1.34. The number of carbonyl (C=O) groups excluding carboxylic acids is 2. The first-order chi connectivity index (χ1) is 18.6. The minimum absolute atomic E-state index is 0.0719. The number of nitrogens with zero attached hydrogens (tertiary/aromatic N) is 3. The molecule has 2 amide bonds. The zero-order chi connectivity index (χ0) is 26.6. The second kappa shape index (κ2) is 13.8. The lowest BCUT2D eigenvalue weighted by atomic mass is 9.88. The maximum Gasteiger partial charge on any atom is 0.274 e. The van der Waals surface area contributed by atoms with Gasteiger partial charge in [-0.1, -0.05) is 91.0 Å². The van der Waals surface area contributed by atoms with Gasteiger partial charge in [-0.25, -0.2) is 4.98 Å². The molecule has 3 aromatic carbocycles. The second-order valence-electron chi connectivity index (χ2n) is 9.33. The van der Waals surface area contributed by atoms with Crippen LogP contribution in [0.3, 0.4) is 0 Å². The molecule has 0 atom stereocenters. The van der Waals surface area contributed by atoms with Crippen molar-refractivity contribution in [3.05, 3.63) is 131 Å². The lowest BCUT2D eigenvalue weighted by molar-refractivity contribution is -0.121. The van der Waals surface area contributed by atoms with Crippen LogP contribution in [-0.2, 0) is 11.2 Å². The van der Waals surface area contributed by atoms with Crippen molar-refractivity contribution in [2.75, 3.05) is 19.6 Å². The smallest absolute Gasteiger partial charge is 0.274 e. The first kappa shape index (κ1) is 26.7. The van der Waals surface area contributed by atoms with Gasteiger partial charge in [0.05, 0.1) is 11.9 Å². The molecule has 0 aliphatic carbocycles. The molecule has 0 bridgehead atoms. The fraction of sp³-hybridized carbons (Fsp3) is 0.250. The molecule has 0 fully saturated rings. The van der Waals surface area contributed by atoms with E-state index in [1.807, 2.05) is 73.7 Å². The van der Waals surface area contributed by atoms with Crippen LogP contribution in [0.4, 0.5) is 0 Å². The van der Waals surface area contributed by atoms with Gasteiger partial charge < -0.3 is 10.2 Å². The molecule has 1 N–H and O–H groups in total. The Kier molecular flexibility index (Phi) is 9.74. The molecule has 4 aromatic rings. The van der Waals surface area contributed by atoms with E-state index in [2.05, 4.69) is 39.6 Å². The highest BCUT2D eigenvalue weighted by molar-refractivity contribution is 5.92. The Morgan fingerprint density at radius 1 is 0.789 bits per heavy atom. The van der Waals surface area contributed by atoms with Gasteiger partial charge in [-0.05, 0) is 36.5 Å². The van der Waals surface area contributed by atoms with Gasteiger partial charge in [0, 0.05) is 38.2 Å². The Morgan fingerprint density at radius 3 is 1.97 bits per heavy atom. The fourth-order valence-corrected chi connectivity index (χ4v) is 4.47. The lowest BCUT2D eigenvalue weighted by Gasteiger charge is -2.22. The molecule has 0 radical (unpaired) electrons. The summed E-state index contributed by atoms with van der Waals surface area (Å²) in [4.78, 5) is 36.2. The van der Waals surface area contributed by atoms with Crippen LogP contribution in [0.5, 0.6) is 0 Å². The molecule has 194 valence electrons. The minimum atomic E-state index is -0.213. The molecule has 0 aliphatic rings. The van der Waals surface area contributed by atoms with Crippen LogP contribution < -0.4 is 5.32 Å². The molecule has 0 spiro atoms. The van der Waals surface area contributed by atoms with Crippen LogP contribution in [0, 0.1) is 6.92 Å². The molecular formula is C32H34N4O2. The van der Waals surface area contributed by atoms with Crippen molar-refractivity contribution in [1.29, 1.82) is 0 Å². The van der Waals surface area contributed by atoms with Crippen LogP contribution in [-0.4, -0.2) is 46.3 Å². The number of hydrogen-bond acceptors (Lipinski definition) is 4. The van der Waals surface area contributed by atoms with Crippen LogP contribution in [0.25, 0.3) is 0 Å². The Morgan fingerprint density at radius 2 is 1.39 bits per heavy atom. The van der Waals surface area contributed by atoms with Crippen molar-refractivity contribution in [2.45, 2.75) is 32.1 Å². The van der Waals surface area contributed by atoms with Crippen molar-refractivity contribution >= 4 is 11.8 Å². The SMILES string of the molecule is Cc1cnc(C(=O)N(CCC(=O)NCCC(c2ccccc2)c2ccccc2)CCc2ccccc2)cn1. The summed E-state index contributed by atoms with van der Waals surface area (Å²) in [5, 5.41) is 3.06. The molecule has 6 heteroatoms. The molecule has 1 aromatic heterocycles. The Labute approximate surface area is 224 Å². The molecule has 6 nitrogen and oxygen atoms in total. The first-order valence-corrected chi connectivity index (χ1v) is 13.1. The topological polar surface area (TPSA) is 75.2 Å². The molecule has 0 aliphatic heterocycles. The predicted molar refractivity (Wildman–Crippen MR) is 150 cm³/mol. The summed E-state index contributed by atoms with van der Waals surface area (Å²) in [6.45, 7) is 3.19. The summed E-state index contributed by atoms with van der Waals surface area (Å²) in [6, 6.07) is 30.7. The third kappa shape index (κ3) is 7.84. The maximum absolute atomic E-state index is 13.2. The number of hydrogen-bond donors (Lipinski definition) is 1. The zero-order valence-electron chi connectivity index (χ0n) is 21.8. The molecule has 0 saturated heterocycles. The van der Waals surface area contributed by atoms with E-state index < -0.39 is 0 Å². The Hall–Kier alpha value is -4.32. The van der Waals surface area contributed by atoms with Gasteiger partial charge >= 0.3 is 0 Å². The quantitative estimate of drug-likeness (QED) is 0.287. The highest BCUT2D eigenvalue weighted by atomic mass is 16.2. The highest BCUT2D eigenvalue weighted by Gasteiger charge is 2.19. The van der Waals surface area contributed by atoms with Crippen LogP contribution in [0.1, 0.15) is 51.6 Å². The van der Waals surface area contributed by atoms with Gasteiger partial charge in [-0.15, -0.1) is 0 Å². The van der Waals surface area contributed by atoms with Gasteiger partial charge in [0.2, 0.25) is 5.91 Å². The maximum atomic E-state index is 13.2. The average Bonchev–Trinajstić information content (AvgIpc) is 2.97. The van der Waals surface area contributed by atoms with Crippen molar-refractivity contribution in [2.24, 2.45) is 0 Å². The van der Waals surface area contributed by atoms with Gasteiger partial charge in [0.25, 0.3) is 5.91 Å². The van der Waals surface area contributed by atoms with Crippen molar-refractivity contribution in [3.63, 3.8) is 0 Å². The molecule has 4 rings (SSSR count). The van der Waals surface area contributed by atoms with E-state index in [4.69, 9.17) is 0 Å². The van der Waals surface area contributed by atoms with Crippen molar-refractivity contribution in [3.8, 4) is 0 Å². The van der Waals surface area contributed by atoms with Gasteiger partial charge in [-0.3, -0.25) is 14.6 Å². The van der Waals surface area contributed by atoms with Crippen LogP contribution in [0.15, 0.2) is 103 Å². The lowest BCUT2D eigenvalue weighted by Crippen LogP contribution is -2.37. The number of benzene rings is 3. The van der Waals surface area contributed by atoms with E-state index in [0.717, 1.165) is 17.7 Å². The molecule has 38 heavy (non-hydrogen) atoms. The second-order valence-corrected chi connectivity index (χ2v) is 9.33. The standard InChI is InChI=1S/C32H34N4O2/c1-25-23-35-30(24-34-25)32(38)36(21-18-26-11-5-2-6-12-26)22-19-31(37)33-20-17-29(27-13-7-3-8-14-27)28-15-9-4-10-16-28/h2-16,23-24,29H,17-22H2,1H3,(H,33,37). The van der Waals surface area contributed by atoms with E-state index in [9.17, 15) is 9.59 Å². The number of rotatable bonds is 12. The molecule has 0 saturated carbocycles. The summed E-state index contributed by atoms with van der Waals surface area (Å²) in [5.74, 6) is -0.0893. The largest absolute Gasteiger partial charge is 0.356 e. The van der Waals surface area contributed by atoms with Crippen molar-refractivity contribution in [1.82, 2.24) is 20.2 Å². The van der Waals surface area contributed by atoms with E-state index in [1.54, 1.807) is 11.1 Å². The van der Waals surface area contributed by atoms with E-state index in [-0.39, 0.29) is 29.8 Å². The number of carbonyl (C=O) groups is 2. The van der Waals surface area contributed by atoms with Crippen LogP contribution >= 0.6 is 0 Å². The van der Waals surface area contributed by atoms with Crippen LogP contribution in [0.2, 0.25) is 0 Å². The average molecular weight is 507 g/mol. The molecule has 0 unspecified atom stereocenters. The van der Waals surface area contributed by atoms with Gasteiger partial charge in [-0.2, -0.15) is 0 Å². The van der Waals surface area contributed by atoms with Gasteiger partial charge in [0.1, 0.15) is 5.69 Å². The first-order valence-electron chi connectivity index (χ1n) is 13.1. The normalized spacial score (nSPS) is 10.8. The summed E-state index contributed by atoms with van der Waals surface area (Å²) < 4.78 is 0. The van der Waals surface area contributed by atoms with E-state index >= 15 is 0 Å². The third-order valence-corrected chi connectivity index (χ3v) is 6.57. The number of aromatic nitrogens is 2. The third-order valence-electron chi connectivity index (χ3n) is 6.57. The summed E-state index contributed by atoms with van der Waals surface area (Å²) in [5.41, 5.74) is 4.63. The number of nitrogens with one attached hydrogen (secondary N) is 1. The monoisotopic (exact) mass is 506 g/mol. The summed E-state index contributed by atoms with van der Waals surface area (Å²) >= 11 is 0. The highest BCUT2D eigenvalue weighted by Crippen LogP contribution is 2.27. The Bertz CT molecular complexity index is 1240. The minimum Gasteiger partial charge on any atom is -0.356 e. The van der Waals surface area contributed by atoms with Crippen molar-refractivity contribution < 1.29 is 9.59 Å². The molecule has 1 heterocycles. The van der Waals surface area contributed by atoms with Gasteiger partial charge in [0.15, 0.2) is 0 Å². The molecular weight excluding hydrogens is 472 g/mol. The number of amides is 2. The zero-order valence-corrected chi connectivity index (χ0v) is 21.8.